The van der Waals surface area contributed by atoms with E-state index >= 15 is 0 Å². The maximum atomic E-state index is 10.8. The second kappa shape index (κ2) is 5.21. The van der Waals surface area contributed by atoms with Crippen LogP contribution in [0.4, 0.5) is 5.69 Å². The fraction of sp³-hybridized carbons (Fsp3) is 0.0556. The minimum Gasteiger partial charge on any atom is -0.497 e. The average Bonchev–Trinajstić information content (AvgIpc) is 3.15. The predicted octanol–water partition coefficient (Wildman–Crippen LogP) is 2.04. The monoisotopic (exact) mass is 303 g/mol. The van der Waals surface area contributed by atoms with Crippen LogP contribution in [0.2, 0.25) is 0 Å². The van der Waals surface area contributed by atoms with Crippen molar-refractivity contribution >= 4 is 29.6 Å². The maximum absolute atomic E-state index is 10.8. The number of methoxy groups -OCH3 is 1. The van der Waals surface area contributed by atoms with Crippen molar-refractivity contribution in [3.05, 3.63) is 64.0 Å². The zero-order valence-electron chi connectivity index (χ0n) is 12.4. The van der Waals surface area contributed by atoms with Crippen LogP contribution in [0.5, 0.6) is 5.75 Å². The summed E-state index contributed by atoms with van der Waals surface area (Å²) in [6.45, 7) is 0. The number of benzene rings is 2. The Morgan fingerprint density at radius 1 is 1.04 bits per heavy atom. The number of amides is 1. The van der Waals surface area contributed by atoms with Gasteiger partial charge in [-0.25, -0.2) is 0 Å². The first-order valence-corrected chi connectivity index (χ1v) is 7.18. The number of nitrogens with one attached hydrogen (secondary N) is 1. The van der Waals surface area contributed by atoms with Crippen molar-refractivity contribution in [2.45, 2.75) is 0 Å². The molecule has 5 nitrogen and oxygen atoms in total. The summed E-state index contributed by atoms with van der Waals surface area (Å²) in [4.78, 5) is 10.8. The quantitative estimate of drug-likeness (QED) is 0.879. The number of ether oxygens (including phenoxy) is 1. The number of nitrogens with zero attached hydrogens (tertiary/aromatic N) is 2. The van der Waals surface area contributed by atoms with E-state index in [0.717, 1.165) is 44.4 Å². The number of anilines is 1. The third-order valence-corrected chi connectivity index (χ3v) is 3.99. The van der Waals surface area contributed by atoms with Crippen LogP contribution in [0.15, 0.2) is 58.3 Å². The molecule has 2 aromatic carbocycles. The summed E-state index contributed by atoms with van der Waals surface area (Å²) < 4.78 is 5.19. The molecule has 1 amide bonds. The number of azo groups is 1. The minimum absolute atomic E-state index is 0.683. The molecule has 0 saturated carbocycles. The molecule has 4 rings (SSSR count). The summed E-state index contributed by atoms with van der Waals surface area (Å²) in [6, 6.07) is 13.5. The van der Waals surface area contributed by atoms with Crippen LogP contribution in [0.3, 0.4) is 0 Å². The number of hydrogen-bond acceptors (Lipinski definition) is 4. The van der Waals surface area contributed by atoms with Crippen molar-refractivity contribution in [2.75, 3.05) is 12.4 Å². The van der Waals surface area contributed by atoms with Gasteiger partial charge in [0.25, 0.3) is 0 Å². The van der Waals surface area contributed by atoms with Gasteiger partial charge in [0.1, 0.15) is 17.1 Å². The van der Waals surface area contributed by atoms with Gasteiger partial charge in [0.15, 0.2) is 0 Å². The van der Waals surface area contributed by atoms with Crippen LogP contribution in [-0.4, -0.2) is 13.5 Å². The van der Waals surface area contributed by atoms with Gasteiger partial charge in [-0.1, -0.05) is 12.1 Å². The molecule has 0 saturated heterocycles. The second-order valence-corrected chi connectivity index (χ2v) is 5.21. The van der Waals surface area contributed by atoms with Gasteiger partial charge in [0.05, 0.1) is 7.11 Å². The van der Waals surface area contributed by atoms with Crippen molar-refractivity contribution < 1.29 is 9.53 Å². The third-order valence-electron chi connectivity index (χ3n) is 3.99. The highest BCUT2D eigenvalue weighted by Crippen LogP contribution is 2.35. The fourth-order valence-corrected chi connectivity index (χ4v) is 2.88. The van der Waals surface area contributed by atoms with Gasteiger partial charge >= 0.3 is 0 Å². The lowest BCUT2D eigenvalue weighted by molar-refractivity contribution is -0.105. The summed E-state index contributed by atoms with van der Waals surface area (Å²) in [5.74, 6) is 0.801. The average molecular weight is 303 g/mol. The van der Waals surface area contributed by atoms with Crippen molar-refractivity contribution in [3.8, 4) is 5.75 Å². The van der Waals surface area contributed by atoms with Gasteiger partial charge < -0.3 is 10.1 Å². The third kappa shape index (κ3) is 2.05. The van der Waals surface area contributed by atoms with Crippen LogP contribution >= 0.6 is 0 Å². The minimum atomic E-state index is 0.683. The first kappa shape index (κ1) is 13.5. The smallest absolute Gasteiger partial charge is 0.211 e. The van der Waals surface area contributed by atoms with Gasteiger partial charge in [-0.05, 0) is 36.4 Å². The zero-order chi connectivity index (χ0) is 15.8. The van der Waals surface area contributed by atoms with Crippen LogP contribution < -0.4 is 20.5 Å². The SMILES string of the molecule is COc1ccc(C2=C3C=c4c(NC=O)cccc4=C3N=N2)cc1. The van der Waals surface area contributed by atoms with Crippen molar-refractivity contribution in [1.82, 2.24) is 0 Å². The van der Waals surface area contributed by atoms with Crippen LogP contribution in [0, 0.1) is 0 Å². The Kier molecular flexibility index (Phi) is 3.05. The Morgan fingerprint density at radius 2 is 1.83 bits per heavy atom. The van der Waals surface area contributed by atoms with Gasteiger partial charge in [0, 0.05) is 27.3 Å². The molecule has 1 N–H and O–H groups in total. The van der Waals surface area contributed by atoms with Crippen molar-refractivity contribution in [1.29, 1.82) is 0 Å². The summed E-state index contributed by atoms with van der Waals surface area (Å²) >= 11 is 0. The molecule has 2 aromatic rings. The van der Waals surface area contributed by atoms with E-state index in [1.807, 2.05) is 48.5 Å². The Morgan fingerprint density at radius 3 is 2.57 bits per heavy atom. The van der Waals surface area contributed by atoms with Gasteiger partial charge in [-0.3, -0.25) is 4.79 Å². The Labute approximate surface area is 132 Å². The molecule has 0 aromatic heterocycles. The first-order valence-electron chi connectivity index (χ1n) is 7.18. The molecular weight excluding hydrogens is 290 g/mol. The predicted molar refractivity (Wildman–Crippen MR) is 88.0 cm³/mol. The van der Waals surface area contributed by atoms with Crippen LogP contribution in [-0.2, 0) is 4.79 Å². The molecule has 5 heteroatoms. The number of carbonyl (C=O) groups is 1. The lowest BCUT2D eigenvalue weighted by Gasteiger charge is -2.02. The van der Waals surface area contributed by atoms with Crippen molar-refractivity contribution in [3.63, 3.8) is 0 Å². The molecule has 0 fully saturated rings. The lowest BCUT2D eigenvalue weighted by Crippen LogP contribution is -2.25. The summed E-state index contributed by atoms with van der Waals surface area (Å²) in [6.07, 6.45) is 2.71. The Bertz CT molecular complexity index is 986. The maximum Gasteiger partial charge on any atom is 0.211 e. The van der Waals surface area contributed by atoms with E-state index in [1.54, 1.807) is 7.11 Å². The molecule has 2 aliphatic rings. The number of rotatable bonds is 4. The standard InChI is InChI=1S/C18H13N3O2/c1-23-12-7-5-11(6-8-12)17-15-9-14-13(18(15)21-20-17)3-2-4-16(14)19-10-22/h2-10H,1H3,(H,19,22). The highest BCUT2D eigenvalue weighted by atomic mass is 16.5. The Hall–Kier alpha value is -3.21. The molecule has 0 unspecified atom stereocenters. The molecule has 112 valence electrons. The molecule has 23 heavy (non-hydrogen) atoms. The summed E-state index contributed by atoms with van der Waals surface area (Å²) in [7, 11) is 1.64. The molecule has 0 bridgehead atoms. The number of hydrogen-bond donors (Lipinski definition) is 1. The molecule has 0 spiro atoms. The highest BCUT2D eigenvalue weighted by molar-refractivity contribution is 5.96. The molecule has 0 radical (unpaired) electrons. The van der Waals surface area contributed by atoms with E-state index in [-0.39, 0.29) is 0 Å². The van der Waals surface area contributed by atoms with Gasteiger partial charge in [0.2, 0.25) is 6.41 Å². The molecule has 1 aliphatic heterocycles. The normalized spacial score (nSPS) is 14.4. The van der Waals surface area contributed by atoms with E-state index in [0.29, 0.717) is 6.41 Å². The summed E-state index contributed by atoms with van der Waals surface area (Å²) in [5.41, 5.74) is 4.41. The summed E-state index contributed by atoms with van der Waals surface area (Å²) in [5, 5.41) is 13.3. The number of carbonyl (C=O) groups excluding carboxylic acids is 1. The van der Waals surface area contributed by atoms with Crippen LogP contribution in [0.25, 0.3) is 17.5 Å². The molecule has 1 heterocycles. The van der Waals surface area contributed by atoms with Gasteiger partial charge in [-0.2, -0.15) is 0 Å². The van der Waals surface area contributed by atoms with E-state index in [1.165, 1.54) is 0 Å². The van der Waals surface area contributed by atoms with E-state index < -0.39 is 0 Å². The topological polar surface area (TPSA) is 63.0 Å². The van der Waals surface area contributed by atoms with Crippen molar-refractivity contribution in [2.24, 2.45) is 10.2 Å². The highest BCUT2D eigenvalue weighted by Gasteiger charge is 2.23. The molecular formula is C18H13N3O2. The van der Waals surface area contributed by atoms with E-state index in [4.69, 9.17) is 4.74 Å². The molecule has 1 aliphatic carbocycles. The van der Waals surface area contributed by atoms with E-state index in [2.05, 4.69) is 15.5 Å². The fourth-order valence-electron chi connectivity index (χ4n) is 2.88. The lowest BCUT2D eigenvalue weighted by atomic mass is 10.1. The van der Waals surface area contributed by atoms with Crippen LogP contribution in [0.1, 0.15) is 5.56 Å². The number of fused-ring (bicyclic) bond motifs is 2. The largest absolute Gasteiger partial charge is 0.497 e. The van der Waals surface area contributed by atoms with E-state index in [9.17, 15) is 4.79 Å². The first-order chi connectivity index (χ1) is 11.3. The second-order valence-electron chi connectivity index (χ2n) is 5.21. The zero-order valence-corrected chi connectivity index (χ0v) is 12.4. The Balaban J connectivity index is 1.90. The molecule has 0 atom stereocenters. The van der Waals surface area contributed by atoms with Gasteiger partial charge in [-0.15, -0.1) is 10.2 Å².